The van der Waals surface area contributed by atoms with Gasteiger partial charge in [0.05, 0.1) is 12.1 Å². The summed E-state index contributed by atoms with van der Waals surface area (Å²) in [5, 5.41) is 13.4. The Morgan fingerprint density at radius 3 is 2.86 bits per heavy atom. The highest BCUT2D eigenvalue weighted by atomic mass is 16.2. The maximum Gasteiger partial charge on any atom is 0.229 e. The summed E-state index contributed by atoms with van der Waals surface area (Å²) in [4.78, 5) is 29.0. The van der Waals surface area contributed by atoms with Crippen LogP contribution in [0, 0.1) is 17.2 Å². The van der Waals surface area contributed by atoms with Gasteiger partial charge in [-0.1, -0.05) is 6.07 Å². The molecule has 110 valence electrons. The van der Waals surface area contributed by atoms with Crippen molar-refractivity contribution < 1.29 is 9.59 Å². The summed E-state index contributed by atoms with van der Waals surface area (Å²) in [5.74, 6) is -0.563. The van der Waals surface area contributed by atoms with Gasteiger partial charge in [0.15, 0.2) is 11.6 Å². The van der Waals surface area contributed by atoms with Crippen molar-refractivity contribution in [3.63, 3.8) is 0 Å². The Balaban J connectivity index is 2.07. The molecule has 8 heteroatoms. The first-order valence-corrected chi connectivity index (χ1v) is 6.61. The fraction of sp³-hybridized carbons (Fsp3) is 0.214. The second-order valence-corrected chi connectivity index (χ2v) is 4.90. The number of pyridine rings is 1. The molecule has 22 heavy (non-hydrogen) atoms. The van der Waals surface area contributed by atoms with Crippen LogP contribution in [0.5, 0.6) is 0 Å². The smallest absolute Gasteiger partial charge is 0.229 e. The van der Waals surface area contributed by atoms with Crippen molar-refractivity contribution in [3.05, 3.63) is 36.2 Å². The summed E-state index contributed by atoms with van der Waals surface area (Å²) in [6, 6.07) is 7.25. The zero-order valence-corrected chi connectivity index (χ0v) is 11.5. The molecule has 0 saturated carbocycles. The third-order valence-corrected chi connectivity index (χ3v) is 3.51. The second kappa shape index (κ2) is 5.29. The quantitative estimate of drug-likeness (QED) is 0.853. The molecule has 1 atom stereocenters. The van der Waals surface area contributed by atoms with E-state index in [1.807, 2.05) is 6.07 Å². The van der Waals surface area contributed by atoms with E-state index in [9.17, 15) is 14.9 Å². The third kappa shape index (κ3) is 2.18. The van der Waals surface area contributed by atoms with Crippen LogP contribution in [-0.2, 0) is 9.59 Å². The van der Waals surface area contributed by atoms with Gasteiger partial charge in [-0.2, -0.15) is 15.0 Å². The molecule has 0 aromatic carbocycles. The van der Waals surface area contributed by atoms with E-state index in [2.05, 4.69) is 10.1 Å². The molecule has 0 bridgehead atoms. The van der Waals surface area contributed by atoms with Gasteiger partial charge in [0.25, 0.3) is 0 Å². The zero-order chi connectivity index (χ0) is 15.7. The van der Waals surface area contributed by atoms with E-state index in [0.29, 0.717) is 11.6 Å². The van der Waals surface area contributed by atoms with Gasteiger partial charge in [0.1, 0.15) is 11.6 Å². The van der Waals surface area contributed by atoms with Gasteiger partial charge in [-0.3, -0.25) is 14.5 Å². The number of hydrogen-bond donors (Lipinski definition) is 1. The van der Waals surface area contributed by atoms with E-state index in [4.69, 9.17) is 5.73 Å². The van der Waals surface area contributed by atoms with Gasteiger partial charge in [0, 0.05) is 19.2 Å². The molecule has 0 radical (unpaired) electrons. The number of carbonyl (C=O) groups excluding carboxylic acids is 2. The SMILES string of the molecule is N#Cc1cnn(-c2ccccn2)c1N1CC(C(N)=O)CC1=O. The Morgan fingerprint density at radius 1 is 1.45 bits per heavy atom. The van der Waals surface area contributed by atoms with Crippen LogP contribution < -0.4 is 10.6 Å². The molecule has 3 rings (SSSR count). The summed E-state index contributed by atoms with van der Waals surface area (Å²) in [7, 11) is 0. The van der Waals surface area contributed by atoms with Crippen LogP contribution >= 0.6 is 0 Å². The average Bonchev–Trinajstić information content (AvgIpc) is 3.11. The monoisotopic (exact) mass is 296 g/mol. The van der Waals surface area contributed by atoms with Gasteiger partial charge in [-0.25, -0.2) is 4.98 Å². The first-order chi connectivity index (χ1) is 10.6. The highest BCUT2D eigenvalue weighted by Crippen LogP contribution is 2.29. The number of rotatable bonds is 3. The summed E-state index contributed by atoms with van der Waals surface area (Å²) >= 11 is 0. The fourth-order valence-electron chi connectivity index (χ4n) is 2.43. The van der Waals surface area contributed by atoms with Crippen LogP contribution in [0.25, 0.3) is 5.82 Å². The molecule has 1 fully saturated rings. The van der Waals surface area contributed by atoms with Crippen molar-refractivity contribution in [2.75, 3.05) is 11.4 Å². The summed E-state index contributed by atoms with van der Waals surface area (Å²) < 4.78 is 1.42. The normalized spacial score (nSPS) is 17.5. The van der Waals surface area contributed by atoms with Crippen molar-refractivity contribution in [2.45, 2.75) is 6.42 Å². The molecule has 2 amide bonds. The third-order valence-electron chi connectivity index (χ3n) is 3.51. The number of nitrogens with two attached hydrogens (primary N) is 1. The molecule has 1 unspecified atom stereocenters. The van der Waals surface area contributed by atoms with Crippen LogP contribution in [0.15, 0.2) is 30.6 Å². The highest BCUT2D eigenvalue weighted by Gasteiger charge is 2.37. The van der Waals surface area contributed by atoms with Gasteiger partial charge < -0.3 is 5.73 Å². The molecule has 0 aliphatic carbocycles. The number of anilines is 1. The molecule has 1 aliphatic heterocycles. The minimum Gasteiger partial charge on any atom is -0.369 e. The summed E-state index contributed by atoms with van der Waals surface area (Å²) in [5.41, 5.74) is 5.52. The first-order valence-electron chi connectivity index (χ1n) is 6.61. The van der Waals surface area contributed by atoms with Crippen LogP contribution in [-0.4, -0.2) is 33.1 Å². The van der Waals surface area contributed by atoms with Crippen LogP contribution in [0.3, 0.4) is 0 Å². The van der Waals surface area contributed by atoms with Crippen molar-refractivity contribution >= 4 is 17.6 Å². The van der Waals surface area contributed by atoms with Crippen molar-refractivity contribution in [1.82, 2.24) is 14.8 Å². The van der Waals surface area contributed by atoms with Gasteiger partial charge in [-0.15, -0.1) is 0 Å². The molecule has 1 saturated heterocycles. The Hall–Kier alpha value is -3.21. The van der Waals surface area contributed by atoms with Crippen molar-refractivity contribution in [3.8, 4) is 11.9 Å². The summed E-state index contributed by atoms with van der Waals surface area (Å²) in [6.45, 7) is 0.140. The van der Waals surface area contributed by atoms with E-state index in [0.717, 1.165) is 0 Å². The minimum absolute atomic E-state index is 0.0353. The van der Waals surface area contributed by atoms with E-state index >= 15 is 0 Å². The Labute approximate surface area is 125 Å². The largest absolute Gasteiger partial charge is 0.369 e. The number of hydrogen-bond acceptors (Lipinski definition) is 5. The lowest BCUT2D eigenvalue weighted by Gasteiger charge is -2.17. The number of nitriles is 1. The summed E-state index contributed by atoms with van der Waals surface area (Å²) in [6.07, 6.45) is 2.99. The predicted molar refractivity (Wildman–Crippen MR) is 75.7 cm³/mol. The number of aromatic nitrogens is 3. The molecule has 2 N–H and O–H groups in total. The van der Waals surface area contributed by atoms with Crippen LogP contribution in [0.2, 0.25) is 0 Å². The van der Waals surface area contributed by atoms with Crippen molar-refractivity contribution in [1.29, 1.82) is 5.26 Å². The lowest BCUT2D eigenvalue weighted by atomic mass is 10.1. The lowest BCUT2D eigenvalue weighted by Crippen LogP contribution is -2.30. The maximum atomic E-state index is 12.2. The first kappa shape index (κ1) is 13.8. The number of amides is 2. The average molecular weight is 296 g/mol. The standard InChI is InChI=1S/C14H12N6O2/c15-6-10-7-18-20(11-3-1-2-4-17-11)14(10)19-8-9(13(16)22)5-12(19)21/h1-4,7,9H,5,8H2,(H2,16,22). The lowest BCUT2D eigenvalue weighted by molar-refractivity contribution is -0.123. The molecule has 8 nitrogen and oxygen atoms in total. The molecular weight excluding hydrogens is 284 g/mol. The minimum atomic E-state index is -0.564. The topological polar surface area (TPSA) is 118 Å². The predicted octanol–water partition coefficient (Wildman–Crippen LogP) is -0.0228. The van der Waals surface area contributed by atoms with Gasteiger partial charge in [0.2, 0.25) is 11.8 Å². The molecular formula is C14H12N6O2. The molecule has 0 spiro atoms. The Kier molecular flexibility index (Phi) is 3.31. The van der Waals surface area contributed by atoms with E-state index < -0.39 is 11.8 Å². The van der Waals surface area contributed by atoms with Gasteiger partial charge >= 0.3 is 0 Å². The number of nitrogens with zero attached hydrogens (tertiary/aromatic N) is 5. The fourth-order valence-corrected chi connectivity index (χ4v) is 2.43. The second-order valence-electron chi connectivity index (χ2n) is 4.90. The maximum absolute atomic E-state index is 12.2. The van der Waals surface area contributed by atoms with Crippen LogP contribution in [0.4, 0.5) is 5.82 Å². The van der Waals surface area contributed by atoms with E-state index in [1.54, 1.807) is 24.4 Å². The van der Waals surface area contributed by atoms with Crippen LogP contribution in [0.1, 0.15) is 12.0 Å². The van der Waals surface area contributed by atoms with E-state index in [-0.39, 0.29) is 24.4 Å². The Morgan fingerprint density at radius 2 is 2.27 bits per heavy atom. The zero-order valence-electron chi connectivity index (χ0n) is 11.5. The molecule has 3 heterocycles. The molecule has 2 aromatic heterocycles. The molecule has 2 aromatic rings. The number of carbonyl (C=O) groups is 2. The molecule has 1 aliphatic rings. The van der Waals surface area contributed by atoms with Gasteiger partial charge in [-0.05, 0) is 12.1 Å². The van der Waals surface area contributed by atoms with E-state index in [1.165, 1.54) is 15.8 Å². The number of primary amides is 1. The van der Waals surface area contributed by atoms with Crippen molar-refractivity contribution in [2.24, 2.45) is 11.7 Å². The Bertz CT molecular complexity index is 776. The highest BCUT2D eigenvalue weighted by molar-refractivity contribution is 6.00.